The molecule has 0 aliphatic carbocycles. The number of benzene rings is 2. The van der Waals surface area contributed by atoms with E-state index < -0.39 is 59.8 Å². The molecule has 0 spiro atoms. The van der Waals surface area contributed by atoms with Gasteiger partial charge < -0.3 is 36.8 Å². The van der Waals surface area contributed by atoms with Crippen molar-refractivity contribution in [3.63, 3.8) is 0 Å². The lowest BCUT2D eigenvalue weighted by Gasteiger charge is -2.29. The van der Waals surface area contributed by atoms with Crippen LogP contribution in [-0.2, 0) is 36.8 Å². The molecule has 2 aromatic rings. The van der Waals surface area contributed by atoms with Gasteiger partial charge in [0, 0.05) is 19.4 Å². The lowest BCUT2D eigenvalue weighted by atomic mass is 10.0. The largest absolute Gasteiger partial charge is 0.508 e. The number of amides is 4. The number of carbonyl (C=O) groups is 5. The zero-order chi connectivity index (χ0) is 30.1. The topological polar surface area (TPSA) is 191 Å². The first-order chi connectivity index (χ1) is 19.5. The van der Waals surface area contributed by atoms with E-state index in [4.69, 9.17) is 5.73 Å². The number of rotatable bonds is 12. The van der Waals surface area contributed by atoms with E-state index in [0.717, 1.165) is 5.56 Å². The quantitative estimate of drug-likeness (QED) is 0.208. The Morgan fingerprint density at radius 1 is 0.878 bits per heavy atom. The normalized spacial score (nSPS) is 17.5. The number of aromatic hydroxyl groups is 1. The lowest BCUT2D eigenvalue weighted by Crippen LogP contribution is -2.58. The molecular formula is C29H37N5O7. The summed E-state index contributed by atoms with van der Waals surface area (Å²) >= 11 is 0. The van der Waals surface area contributed by atoms with Gasteiger partial charge in [0.25, 0.3) is 0 Å². The second kappa shape index (κ2) is 14.3. The number of hydrogen-bond acceptors (Lipinski definition) is 7. The Labute approximate surface area is 238 Å². The van der Waals surface area contributed by atoms with Crippen LogP contribution in [0.3, 0.4) is 0 Å². The number of nitrogens with one attached hydrogen (secondary N) is 3. The van der Waals surface area contributed by atoms with E-state index in [-0.39, 0.29) is 18.6 Å². The van der Waals surface area contributed by atoms with Crippen molar-refractivity contribution in [2.24, 2.45) is 5.73 Å². The van der Waals surface area contributed by atoms with Crippen LogP contribution in [0.15, 0.2) is 54.6 Å². The molecule has 7 N–H and O–H groups in total. The average molecular weight is 568 g/mol. The number of likely N-dealkylation sites (tertiary alicyclic amines) is 1. The van der Waals surface area contributed by atoms with Crippen LogP contribution < -0.4 is 21.7 Å². The van der Waals surface area contributed by atoms with Gasteiger partial charge in [-0.25, -0.2) is 4.79 Å². The zero-order valence-electron chi connectivity index (χ0n) is 23.1. The van der Waals surface area contributed by atoms with E-state index in [1.54, 1.807) is 36.4 Å². The molecule has 1 saturated heterocycles. The Balaban J connectivity index is 1.75. The first-order valence-electron chi connectivity index (χ1n) is 13.5. The molecule has 1 aliphatic rings. The van der Waals surface area contributed by atoms with Crippen LogP contribution in [0, 0.1) is 0 Å². The summed E-state index contributed by atoms with van der Waals surface area (Å²) in [6, 6.07) is 9.92. The third kappa shape index (κ3) is 8.77. The van der Waals surface area contributed by atoms with Gasteiger partial charge in [0.2, 0.25) is 23.6 Å². The maximum Gasteiger partial charge on any atom is 0.326 e. The van der Waals surface area contributed by atoms with E-state index in [1.165, 1.54) is 30.9 Å². The molecule has 1 heterocycles. The van der Waals surface area contributed by atoms with Crippen LogP contribution in [-0.4, -0.2) is 81.5 Å². The Morgan fingerprint density at radius 3 is 2.10 bits per heavy atom. The summed E-state index contributed by atoms with van der Waals surface area (Å²) in [5, 5.41) is 27.1. The molecule has 0 aromatic heterocycles. The highest BCUT2D eigenvalue weighted by Crippen LogP contribution is 2.19. The third-order valence-corrected chi connectivity index (χ3v) is 6.89. The van der Waals surface area contributed by atoms with Crippen LogP contribution in [0.1, 0.15) is 37.8 Å². The average Bonchev–Trinajstić information content (AvgIpc) is 3.43. The van der Waals surface area contributed by atoms with Gasteiger partial charge in [-0.05, 0) is 49.9 Å². The molecule has 0 bridgehead atoms. The number of carboxylic acid groups (broad SMARTS) is 1. The van der Waals surface area contributed by atoms with E-state index >= 15 is 0 Å². The maximum absolute atomic E-state index is 13.4. The fourth-order valence-electron chi connectivity index (χ4n) is 4.63. The standard InChI is InChI=1S/C29H37N5O7/c1-17(30)25(36)31-18(2)28(39)34-14-6-9-24(34)27(38)32-22(15-19-7-4-3-5-8-19)26(37)33-23(29(40)41)16-20-10-12-21(35)13-11-20/h3-5,7-8,10-13,17-18,22-24,35H,6,9,14-16,30H2,1-2H3,(H,31,36)(H,32,38)(H,33,37)(H,40,41)/t17-,18-,22-,23-,24-/m0/s1. The van der Waals surface area contributed by atoms with Crippen LogP contribution >= 0.6 is 0 Å². The van der Waals surface area contributed by atoms with Gasteiger partial charge in [0.05, 0.1) is 6.04 Å². The molecule has 4 amide bonds. The summed E-state index contributed by atoms with van der Waals surface area (Å²) in [6.45, 7) is 3.32. The third-order valence-electron chi connectivity index (χ3n) is 6.89. The van der Waals surface area contributed by atoms with Gasteiger partial charge in [0.15, 0.2) is 0 Å². The molecule has 0 saturated carbocycles. The number of phenolic OH excluding ortho intramolecular Hbond substituents is 1. The predicted octanol–water partition coefficient (Wildman–Crippen LogP) is 0.0745. The molecule has 220 valence electrons. The lowest BCUT2D eigenvalue weighted by molar-refractivity contribution is -0.143. The summed E-state index contributed by atoms with van der Waals surface area (Å²) in [7, 11) is 0. The van der Waals surface area contributed by atoms with Gasteiger partial charge >= 0.3 is 5.97 Å². The molecular weight excluding hydrogens is 530 g/mol. The van der Waals surface area contributed by atoms with Gasteiger partial charge in [0.1, 0.15) is 29.9 Å². The van der Waals surface area contributed by atoms with Crippen molar-refractivity contribution in [1.82, 2.24) is 20.9 Å². The minimum Gasteiger partial charge on any atom is -0.508 e. The number of aliphatic carboxylic acids is 1. The number of carboxylic acids is 1. The van der Waals surface area contributed by atoms with E-state index in [0.29, 0.717) is 24.9 Å². The zero-order valence-corrected chi connectivity index (χ0v) is 23.1. The molecule has 2 aromatic carbocycles. The summed E-state index contributed by atoms with van der Waals surface area (Å²) in [5.41, 5.74) is 6.90. The second-order valence-electron chi connectivity index (χ2n) is 10.2. The van der Waals surface area contributed by atoms with Gasteiger partial charge in [-0.3, -0.25) is 19.2 Å². The monoisotopic (exact) mass is 567 g/mol. The Kier molecular flexibility index (Phi) is 10.8. The molecule has 3 rings (SSSR count). The van der Waals surface area contributed by atoms with Gasteiger partial charge in [-0.2, -0.15) is 0 Å². The Morgan fingerprint density at radius 2 is 1.49 bits per heavy atom. The van der Waals surface area contributed by atoms with Crippen LogP contribution in [0.4, 0.5) is 0 Å². The highest BCUT2D eigenvalue weighted by Gasteiger charge is 2.38. The van der Waals surface area contributed by atoms with Gasteiger partial charge in [-0.1, -0.05) is 42.5 Å². The molecule has 5 atom stereocenters. The molecule has 41 heavy (non-hydrogen) atoms. The van der Waals surface area contributed by atoms with Crippen molar-refractivity contribution in [1.29, 1.82) is 0 Å². The predicted molar refractivity (Wildman–Crippen MR) is 149 cm³/mol. The Bertz CT molecular complexity index is 1240. The Hall–Kier alpha value is -4.45. The minimum atomic E-state index is -1.29. The van der Waals surface area contributed by atoms with Crippen molar-refractivity contribution in [2.45, 2.75) is 69.7 Å². The van der Waals surface area contributed by atoms with Gasteiger partial charge in [-0.15, -0.1) is 0 Å². The molecule has 12 nitrogen and oxygen atoms in total. The maximum atomic E-state index is 13.4. The SMILES string of the molecule is C[C@H](N)C(=O)N[C@@H](C)C(=O)N1CCC[C@H]1C(=O)N[C@@H](Cc1ccccc1)C(=O)N[C@@H](Cc1ccc(O)cc1)C(=O)O. The molecule has 12 heteroatoms. The van der Waals surface area contributed by atoms with Crippen LogP contribution in [0.2, 0.25) is 0 Å². The van der Waals surface area contributed by atoms with E-state index in [2.05, 4.69) is 16.0 Å². The fourth-order valence-corrected chi connectivity index (χ4v) is 4.63. The van der Waals surface area contributed by atoms with E-state index in [1.807, 2.05) is 6.07 Å². The number of phenols is 1. The van der Waals surface area contributed by atoms with Crippen LogP contribution in [0.25, 0.3) is 0 Å². The minimum absolute atomic E-state index is 0.0282. The highest BCUT2D eigenvalue weighted by atomic mass is 16.4. The molecule has 1 fully saturated rings. The fraction of sp³-hybridized carbons (Fsp3) is 0.414. The summed E-state index contributed by atoms with van der Waals surface area (Å²) in [4.78, 5) is 65.2. The number of carbonyl (C=O) groups excluding carboxylic acids is 4. The summed E-state index contributed by atoms with van der Waals surface area (Å²) in [6.07, 6.45) is 0.972. The smallest absolute Gasteiger partial charge is 0.326 e. The second-order valence-corrected chi connectivity index (χ2v) is 10.2. The van der Waals surface area contributed by atoms with Crippen molar-refractivity contribution in [2.75, 3.05) is 6.54 Å². The number of nitrogens with zero attached hydrogens (tertiary/aromatic N) is 1. The first-order valence-corrected chi connectivity index (χ1v) is 13.5. The van der Waals surface area contributed by atoms with Crippen molar-refractivity contribution in [3.8, 4) is 5.75 Å². The summed E-state index contributed by atoms with van der Waals surface area (Å²) in [5.74, 6) is -3.41. The molecule has 0 unspecified atom stereocenters. The summed E-state index contributed by atoms with van der Waals surface area (Å²) < 4.78 is 0. The number of nitrogens with two attached hydrogens (primary N) is 1. The highest BCUT2D eigenvalue weighted by molar-refractivity contribution is 5.95. The molecule has 1 aliphatic heterocycles. The van der Waals surface area contributed by atoms with Crippen molar-refractivity contribution < 1.29 is 34.2 Å². The van der Waals surface area contributed by atoms with E-state index in [9.17, 15) is 34.2 Å². The number of hydrogen-bond donors (Lipinski definition) is 6. The van der Waals surface area contributed by atoms with Crippen molar-refractivity contribution >= 4 is 29.6 Å². The molecule has 0 radical (unpaired) electrons. The van der Waals surface area contributed by atoms with Crippen LogP contribution in [0.5, 0.6) is 5.75 Å². The first kappa shape index (κ1) is 31.1. The van der Waals surface area contributed by atoms with Crippen molar-refractivity contribution in [3.05, 3.63) is 65.7 Å².